The van der Waals surface area contributed by atoms with Crippen LogP contribution in [0.15, 0.2) is 24.3 Å². The summed E-state index contributed by atoms with van der Waals surface area (Å²) in [4.78, 5) is 23.5. The molecule has 0 heterocycles. The lowest BCUT2D eigenvalue weighted by molar-refractivity contribution is -0.227. The second-order valence-electron chi connectivity index (χ2n) is 5.06. The summed E-state index contributed by atoms with van der Waals surface area (Å²) in [6.07, 6.45) is 3.71. The number of esters is 2. The average Bonchev–Trinajstić information content (AvgIpc) is 2.38. The molecule has 20 heavy (non-hydrogen) atoms. The zero-order valence-corrected chi connectivity index (χ0v) is 13.1. The van der Waals surface area contributed by atoms with Gasteiger partial charge in [0.15, 0.2) is 0 Å². The quantitative estimate of drug-likeness (QED) is 0.278. The fourth-order valence-corrected chi connectivity index (χ4v) is 1.60. The lowest BCUT2D eigenvalue weighted by Crippen LogP contribution is -2.40. The minimum atomic E-state index is -1.22. The Morgan fingerprint density at radius 2 is 1.40 bits per heavy atom. The molecule has 0 aromatic rings. The highest BCUT2D eigenvalue weighted by Crippen LogP contribution is 2.27. The topological polar surface area (TPSA) is 52.6 Å². The van der Waals surface area contributed by atoms with Gasteiger partial charge in [-0.25, -0.2) is 9.59 Å². The van der Waals surface area contributed by atoms with Crippen LogP contribution < -0.4 is 0 Å². The van der Waals surface area contributed by atoms with Crippen LogP contribution in [0.3, 0.4) is 0 Å². The van der Waals surface area contributed by atoms with Gasteiger partial charge >= 0.3 is 11.9 Å². The van der Waals surface area contributed by atoms with Crippen molar-refractivity contribution in [3.05, 3.63) is 24.3 Å². The van der Waals surface area contributed by atoms with Crippen LogP contribution in [0.25, 0.3) is 0 Å². The van der Waals surface area contributed by atoms with E-state index < -0.39 is 17.7 Å². The summed E-state index contributed by atoms with van der Waals surface area (Å²) in [6, 6.07) is 0. The molecule has 0 aromatic carbocycles. The lowest BCUT2D eigenvalue weighted by atomic mass is 10.0. The van der Waals surface area contributed by atoms with E-state index in [9.17, 15) is 9.59 Å². The van der Waals surface area contributed by atoms with E-state index in [4.69, 9.17) is 9.47 Å². The lowest BCUT2D eigenvalue weighted by Gasteiger charge is -2.32. The highest BCUT2D eigenvalue weighted by Gasteiger charge is 2.36. The van der Waals surface area contributed by atoms with Gasteiger partial charge < -0.3 is 9.47 Å². The minimum absolute atomic E-state index is 0.282. The number of rotatable bonds is 9. The van der Waals surface area contributed by atoms with E-state index in [0.29, 0.717) is 12.8 Å². The van der Waals surface area contributed by atoms with Gasteiger partial charge in [0.05, 0.1) is 0 Å². The second kappa shape index (κ2) is 8.56. The van der Waals surface area contributed by atoms with Gasteiger partial charge in [0.2, 0.25) is 0 Å². The van der Waals surface area contributed by atoms with E-state index in [1.54, 1.807) is 13.8 Å². The van der Waals surface area contributed by atoms with Gasteiger partial charge in [-0.3, -0.25) is 0 Å². The Balaban J connectivity index is 5.04. The number of hydrogen-bond donors (Lipinski definition) is 0. The fraction of sp³-hybridized carbons (Fsp3) is 0.625. The molecule has 0 bridgehead atoms. The Labute approximate surface area is 121 Å². The molecule has 0 aromatic heterocycles. The van der Waals surface area contributed by atoms with Gasteiger partial charge in [-0.05, 0) is 20.3 Å². The summed E-state index contributed by atoms with van der Waals surface area (Å²) in [6.45, 7) is 14.1. The molecule has 0 radical (unpaired) electrons. The van der Waals surface area contributed by atoms with Crippen LogP contribution in [0.2, 0.25) is 0 Å². The van der Waals surface area contributed by atoms with Gasteiger partial charge in [0.1, 0.15) is 0 Å². The Kier molecular flexibility index (Phi) is 7.89. The number of ether oxygens (including phenoxy) is 2. The van der Waals surface area contributed by atoms with Crippen LogP contribution in [0, 0.1) is 0 Å². The molecule has 114 valence electrons. The van der Waals surface area contributed by atoms with Crippen LogP contribution in [0.1, 0.15) is 59.8 Å². The van der Waals surface area contributed by atoms with E-state index in [2.05, 4.69) is 20.1 Å². The highest BCUT2D eigenvalue weighted by atomic mass is 16.7. The normalized spacial score (nSPS) is 10.8. The maximum absolute atomic E-state index is 11.8. The van der Waals surface area contributed by atoms with Crippen molar-refractivity contribution in [2.24, 2.45) is 0 Å². The van der Waals surface area contributed by atoms with E-state index >= 15 is 0 Å². The molecule has 0 aliphatic carbocycles. The predicted octanol–water partition coefficient (Wildman–Crippen LogP) is 3.91. The first kappa shape index (κ1) is 18.4. The molecule has 0 saturated carbocycles. The van der Waals surface area contributed by atoms with Crippen LogP contribution in [0.5, 0.6) is 0 Å². The Morgan fingerprint density at radius 1 is 0.950 bits per heavy atom. The molecule has 0 saturated heterocycles. The van der Waals surface area contributed by atoms with Crippen molar-refractivity contribution in [3.8, 4) is 0 Å². The van der Waals surface area contributed by atoms with Crippen molar-refractivity contribution in [3.63, 3.8) is 0 Å². The first-order valence-electron chi connectivity index (χ1n) is 7.05. The largest absolute Gasteiger partial charge is 0.419 e. The summed E-state index contributed by atoms with van der Waals surface area (Å²) < 4.78 is 10.8. The van der Waals surface area contributed by atoms with E-state index in [1.807, 2.05) is 6.92 Å². The summed E-state index contributed by atoms with van der Waals surface area (Å²) in [7, 11) is 0. The highest BCUT2D eigenvalue weighted by molar-refractivity contribution is 5.89. The third-order valence-electron chi connectivity index (χ3n) is 2.95. The molecule has 0 amide bonds. The predicted molar refractivity (Wildman–Crippen MR) is 79.0 cm³/mol. The zero-order valence-electron chi connectivity index (χ0n) is 13.1. The van der Waals surface area contributed by atoms with Crippen molar-refractivity contribution < 1.29 is 19.1 Å². The zero-order chi connectivity index (χ0) is 15.8. The third kappa shape index (κ3) is 6.04. The number of carbonyl (C=O) groups is 2. The molecule has 4 nitrogen and oxygen atoms in total. The molecule has 0 fully saturated rings. The number of unbranched alkanes of at least 4 members (excludes halogenated alkanes) is 2. The van der Waals surface area contributed by atoms with Gasteiger partial charge in [-0.1, -0.05) is 39.8 Å². The first-order chi connectivity index (χ1) is 9.28. The Hall–Kier alpha value is -1.58. The van der Waals surface area contributed by atoms with Crippen LogP contribution >= 0.6 is 0 Å². The first-order valence-corrected chi connectivity index (χ1v) is 7.05. The molecule has 0 unspecified atom stereocenters. The number of carbonyl (C=O) groups excluding carboxylic acids is 2. The summed E-state index contributed by atoms with van der Waals surface area (Å²) in [5, 5.41) is 0. The third-order valence-corrected chi connectivity index (χ3v) is 2.95. The second-order valence-corrected chi connectivity index (χ2v) is 5.06. The van der Waals surface area contributed by atoms with E-state index in [0.717, 1.165) is 19.3 Å². The van der Waals surface area contributed by atoms with Crippen LogP contribution in [0.4, 0.5) is 0 Å². The van der Waals surface area contributed by atoms with Crippen LogP contribution in [-0.2, 0) is 19.1 Å². The smallest absolute Gasteiger partial charge is 0.336 e. The summed E-state index contributed by atoms with van der Waals surface area (Å²) in [5.74, 6) is -2.31. The van der Waals surface area contributed by atoms with Crippen molar-refractivity contribution in [2.75, 3.05) is 0 Å². The molecule has 0 atom stereocenters. The molecule has 0 spiro atoms. The average molecular weight is 282 g/mol. The van der Waals surface area contributed by atoms with Gasteiger partial charge in [-0.2, -0.15) is 0 Å². The maximum Gasteiger partial charge on any atom is 0.336 e. The molecular weight excluding hydrogens is 256 g/mol. The Morgan fingerprint density at radius 3 is 1.70 bits per heavy atom. The summed E-state index contributed by atoms with van der Waals surface area (Å²) in [5.41, 5.74) is 0.564. The van der Waals surface area contributed by atoms with Crippen LogP contribution in [-0.4, -0.2) is 17.7 Å². The van der Waals surface area contributed by atoms with E-state index in [-0.39, 0.29) is 11.1 Å². The molecule has 0 rings (SSSR count). The van der Waals surface area contributed by atoms with Gasteiger partial charge in [0.25, 0.3) is 5.79 Å². The molecule has 0 aliphatic rings. The molecular formula is C16H26O4. The SMILES string of the molecule is C=C(C)C(=O)OC(CC)(CCCCC)OC(=O)C(=C)C. The van der Waals surface area contributed by atoms with Crippen molar-refractivity contribution in [1.29, 1.82) is 0 Å². The molecule has 0 N–H and O–H groups in total. The van der Waals surface area contributed by atoms with Gasteiger partial charge in [-0.15, -0.1) is 0 Å². The standard InChI is InChI=1S/C16H26O4/c1-7-9-10-11-16(8-2,19-14(17)12(3)4)20-15(18)13(5)6/h3,5,7-11H2,1-2,4,6H3. The monoisotopic (exact) mass is 282 g/mol. The fourth-order valence-electron chi connectivity index (χ4n) is 1.60. The maximum atomic E-state index is 11.8. The molecule has 4 heteroatoms. The minimum Gasteiger partial charge on any atom is -0.419 e. The van der Waals surface area contributed by atoms with Gasteiger partial charge in [0, 0.05) is 24.0 Å². The number of hydrogen-bond acceptors (Lipinski definition) is 4. The Bertz CT molecular complexity index is 354. The molecule has 0 aliphatic heterocycles. The van der Waals surface area contributed by atoms with E-state index in [1.165, 1.54) is 0 Å². The van der Waals surface area contributed by atoms with Crippen molar-refractivity contribution >= 4 is 11.9 Å². The van der Waals surface area contributed by atoms with Crippen molar-refractivity contribution in [2.45, 2.75) is 65.6 Å². The summed E-state index contributed by atoms with van der Waals surface area (Å²) >= 11 is 0. The van der Waals surface area contributed by atoms with Crippen molar-refractivity contribution in [1.82, 2.24) is 0 Å².